The van der Waals surface area contributed by atoms with Crippen molar-refractivity contribution in [3.05, 3.63) is 24.0 Å². The van der Waals surface area contributed by atoms with E-state index in [0.29, 0.717) is 17.0 Å². The molecule has 2 aromatic rings. The van der Waals surface area contributed by atoms with Gasteiger partial charge in [-0.1, -0.05) is 0 Å². The van der Waals surface area contributed by atoms with Gasteiger partial charge >= 0.3 is 5.97 Å². The second kappa shape index (κ2) is 4.53. The number of imidazole rings is 1. The molecule has 0 aliphatic carbocycles. The Hall–Kier alpha value is -2.11. The number of anilines is 1. The van der Waals surface area contributed by atoms with Crippen molar-refractivity contribution in [3.8, 4) is 0 Å². The molecule has 0 spiro atoms. The fourth-order valence-corrected chi connectivity index (χ4v) is 2.54. The first kappa shape index (κ1) is 12.0. The molecule has 3 rings (SSSR count). The first-order valence-electron chi connectivity index (χ1n) is 6.28. The van der Waals surface area contributed by atoms with E-state index in [-0.39, 0.29) is 12.4 Å². The van der Waals surface area contributed by atoms with Crippen molar-refractivity contribution in [3.63, 3.8) is 0 Å². The number of carboxylic acids is 1. The molecule has 6 heteroatoms. The molecular weight excluding hydrogens is 249 g/mol. The molecule has 0 amide bonds. The molecule has 1 saturated heterocycles. The Morgan fingerprint density at radius 2 is 2.11 bits per heavy atom. The van der Waals surface area contributed by atoms with Gasteiger partial charge in [-0.05, 0) is 25.0 Å². The largest absolute Gasteiger partial charge is 0.480 e. The summed E-state index contributed by atoms with van der Waals surface area (Å²) >= 11 is 0. The van der Waals surface area contributed by atoms with Crippen LogP contribution in [-0.4, -0.2) is 33.7 Å². The molecule has 0 unspecified atom stereocenters. The zero-order valence-electron chi connectivity index (χ0n) is 10.3. The Morgan fingerprint density at radius 3 is 2.79 bits per heavy atom. The summed E-state index contributed by atoms with van der Waals surface area (Å²) in [6.45, 7) is 1.57. The van der Waals surface area contributed by atoms with Crippen LogP contribution in [0, 0.1) is 5.82 Å². The van der Waals surface area contributed by atoms with Gasteiger partial charge in [0.2, 0.25) is 5.95 Å². The van der Waals surface area contributed by atoms with E-state index in [4.69, 9.17) is 5.11 Å². The van der Waals surface area contributed by atoms with Crippen molar-refractivity contribution in [2.45, 2.75) is 19.4 Å². The van der Waals surface area contributed by atoms with Gasteiger partial charge in [0.25, 0.3) is 0 Å². The van der Waals surface area contributed by atoms with Crippen LogP contribution in [0.25, 0.3) is 11.0 Å². The molecule has 5 nitrogen and oxygen atoms in total. The molecule has 100 valence electrons. The minimum atomic E-state index is -0.927. The third kappa shape index (κ3) is 2.14. The van der Waals surface area contributed by atoms with Crippen molar-refractivity contribution in [2.24, 2.45) is 0 Å². The van der Waals surface area contributed by atoms with E-state index in [2.05, 4.69) is 9.88 Å². The Labute approximate surface area is 109 Å². The number of rotatable bonds is 3. The maximum Gasteiger partial charge on any atom is 0.323 e. The number of hydrogen-bond donors (Lipinski definition) is 1. The number of nitrogens with zero attached hydrogens (tertiary/aromatic N) is 3. The zero-order chi connectivity index (χ0) is 13.4. The first-order chi connectivity index (χ1) is 9.15. The molecule has 0 bridgehead atoms. The number of carboxylic acid groups (broad SMARTS) is 1. The van der Waals surface area contributed by atoms with Crippen molar-refractivity contribution >= 4 is 23.0 Å². The van der Waals surface area contributed by atoms with E-state index < -0.39 is 5.97 Å². The second-order valence-corrected chi connectivity index (χ2v) is 4.72. The summed E-state index contributed by atoms with van der Waals surface area (Å²) in [4.78, 5) is 17.5. The number of aliphatic carboxylic acids is 1. The summed E-state index contributed by atoms with van der Waals surface area (Å²) < 4.78 is 14.9. The van der Waals surface area contributed by atoms with E-state index in [1.165, 1.54) is 12.1 Å². The monoisotopic (exact) mass is 263 g/mol. The highest BCUT2D eigenvalue weighted by Gasteiger charge is 2.21. The predicted molar refractivity (Wildman–Crippen MR) is 68.8 cm³/mol. The fourth-order valence-electron chi connectivity index (χ4n) is 2.54. The average molecular weight is 263 g/mol. The molecule has 0 atom stereocenters. The molecule has 0 radical (unpaired) electrons. The lowest BCUT2D eigenvalue weighted by atomic mass is 10.3. The Bertz CT molecular complexity index is 632. The molecule has 1 aromatic carbocycles. The fraction of sp³-hybridized carbons (Fsp3) is 0.385. The number of aromatic nitrogens is 2. The van der Waals surface area contributed by atoms with Gasteiger partial charge in [-0.3, -0.25) is 9.36 Å². The Morgan fingerprint density at radius 1 is 1.37 bits per heavy atom. The number of benzene rings is 1. The molecule has 19 heavy (non-hydrogen) atoms. The van der Waals surface area contributed by atoms with Crippen molar-refractivity contribution in [2.75, 3.05) is 18.0 Å². The lowest BCUT2D eigenvalue weighted by Crippen LogP contribution is -2.23. The molecule has 0 saturated carbocycles. The maximum absolute atomic E-state index is 13.2. The molecule has 1 N–H and O–H groups in total. The van der Waals surface area contributed by atoms with Crippen LogP contribution in [0.1, 0.15) is 12.8 Å². The van der Waals surface area contributed by atoms with Crippen molar-refractivity contribution in [1.82, 2.24) is 9.55 Å². The maximum atomic E-state index is 13.2. The number of carbonyl (C=O) groups is 1. The molecule has 1 aliphatic rings. The number of fused-ring (bicyclic) bond motifs is 1. The molecular formula is C13H14FN3O2. The van der Waals surface area contributed by atoms with Gasteiger partial charge in [0.1, 0.15) is 12.4 Å². The van der Waals surface area contributed by atoms with Crippen LogP contribution in [0.5, 0.6) is 0 Å². The molecule has 2 heterocycles. The minimum absolute atomic E-state index is 0.159. The third-order valence-corrected chi connectivity index (χ3v) is 3.37. The topological polar surface area (TPSA) is 58.4 Å². The summed E-state index contributed by atoms with van der Waals surface area (Å²) in [7, 11) is 0. The first-order valence-corrected chi connectivity index (χ1v) is 6.28. The standard InChI is InChI=1S/C13H14FN3O2/c14-9-3-4-11-10(7-9)15-13(16-5-1-2-6-16)17(11)8-12(18)19/h3-4,7H,1-2,5-6,8H2,(H,18,19). The lowest BCUT2D eigenvalue weighted by molar-refractivity contribution is -0.137. The van der Waals surface area contributed by atoms with Gasteiger partial charge in [0.15, 0.2) is 0 Å². The van der Waals surface area contributed by atoms with Crippen LogP contribution in [0.2, 0.25) is 0 Å². The van der Waals surface area contributed by atoms with Gasteiger partial charge in [0.05, 0.1) is 11.0 Å². The van der Waals surface area contributed by atoms with Crippen LogP contribution < -0.4 is 4.90 Å². The summed E-state index contributed by atoms with van der Waals surface area (Å²) in [5.74, 6) is -0.662. The summed E-state index contributed by atoms with van der Waals surface area (Å²) in [6.07, 6.45) is 2.15. The van der Waals surface area contributed by atoms with Crippen LogP contribution in [0.3, 0.4) is 0 Å². The highest BCUT2D eigenvalue weighted by molar-refractivity contribution is 5.81. The van der Waals surface area contributed by atoms with Crippen molar-refractivity contribution < 1.29 is 14.3 Å². The van der Waals surface area contributed by atoms with Crippen molar-refractivity contribution in [1.29, 1.82) is 0 Å². The molecule has 1 aromatic heterocycles. The van der Waals surface area contributed by atoms with Crippen LogP contribution >= 0.6 is 0 Å². The van der Waals surface area contributed by atoms with Crippen LogP contribution in [0.15, 0.2) is 18.2 Å². The van der Waals surface area contributed by atoms with Crippen LogP contribution in [0.4, 0.5) is 10.3 Å². The summed E-state index contributed by atoms with van der Waals surface area (Å²) in [5, 5.41) is 9.03. The van der Waals surface area contributed by atoms with E-state index in [1.807, 2.05) is 0 Å². The quantitative estimate of drug-likeness (QED) is 0.918. The summed E-state index contributed by atoms with van der Waals surface area (Å²) in [5.41, 5.74) is 1.16. The Balaban J connectivity index is 2.14. The third-order valence-electron chi connectivity index (χ3n) is 3.37. The highest BCUT2D eigenvalue weighted by Crippen LogP contribution is 2.25. The van der Waals surface area contributed by atoms with Gasteiger partial charge in [-0.15, -0.1) is 0 Å². The van der Waals surface area contributed by atoms with E-state index in [0.717, 1.165) is 25.9 Å². The normalized spacial score (nSPS) is 15.3. The average Bonchev–Trinajstić information content (AvgIpc) is 2.96. The molecule has 1 aliphatic heterocycles. The van der Waals surface area contributed by atoms with Gasteiger partial charge < -0.3 is 10.0 Å². The predicted octanol–water partition coefficient (Wildman–Crippen LogP) is 1.86. The van der Waals surface area contributed by atoms with Gasteiger partial charge in [0, 0.05) is 19.2 Å². The number of halogens is 1. The van der Waals surface area contributed by atoms with Gasteiger partial charge in [-0.2, -0.15) is 0 Å². The van der Waals surface area contributed by atoms with Crippen LogP contribution in [-0.2, 0) is 11.3 Å². The van der Waals surface area contributed by atoms with Gasteiger partial charge in [-0.25, -0.2) is 9.37 Å². The molecule has 1 fully saturated rings. The highest BCUT2D eigenvalue weighted by atomic mass is 19.1. The summed E-state index contributed by atoms with van der Waals surface area (Å²) in [6, 6.07) is 4.25. The van der Waals surface area contributed by atoms with E-state index >= 15 is 0 Å². The van der Waals surface area contributed by atoms with E-state index in [9.17, 15) is 9.18 Å². The second-order valence-electron chi connectivity index (χ2n) is 4.72. The van der Waals surface area contributed by atoms with E-state index in [1.54, 1.807) is 10.6 Å². The SMILES string of the molecule is O=C(O)Cn1c(N2CCCC2)nc2cc(F)ccc21. The smallest absolute Gasteiger partial charge is 0.323 e. The zero-order valence-corrected chi connectivity index (χ0v) is 10.3. The lowest BCUT2D eigenvalue weighted by Gasteiger charge is -2.17. The number of hydrogen-bond acceptors (Lipinski definition) is 3. The minimum Gasteiger partial charge on any atom is -0.480 e. The Kier molecular flexibility index (Phi) is 2.85.